The van der Waals surface area contributed by atoms with Crippen molar-refractivity contribution in [3.05, 3.63) is 18.7 Å². The Morgan fingerprint density at radius 1 is 1.19 bits per heavy atom. The molecule has 7 nitrogen and oxygen atoms in total. The summed E-state index contributed by atoms with van der Waals surface area (Å²) in [6.07, 6.45) is 6.07. The van der Waals surface area contributed by atoms with E-state index >= 15 is 0 Å². The predicted octanol–water partition coefficient (Wildman–Crippen LogP) is -0.861. The summed E-state index contributed by atoms with van der Waals surface area (Å²) in [4.78, 5) is 9.93. The Bertz CT molecular complexity index is 368. The molecule has 0 aliphatic heterocycles. The minimum Gasteiger partial charge on any atom is -0.550 e. The minimum absolute atomic E-state index is 0.0714. The first-order chi connectivity index (χ1) is 10.1. The molecule has 0 unspecified atom stereocenters. The summed E-state index contributed by atoms with van der Waals surface area (Å²) in [5.41, 5.74) is 0. The maximum Gasteiger partial charge on any atom is 0.243 e. The zero-order valence-corrected chi connectivity index (χ0v) is 13.1. The van der Waals surface area contributed by atoms with Gasteiger partial charge in [0.15, 0.2) is 0 Å². The van der Waals surface area contributed by atoms with E-state index in [2.05, 4.69) is 24.0 Å². The van der Waals surface area contributed by atoms with Crippen LogP contribution in [0.1, 0.15) is 13.3 Å². The lowest BCUT2D eigenvalue weighted by Gasteiger charge is -2.05. The number of imidazole rings is 1. The Kier molecular flexibility index (Phi) is 12.6. The number of aromatic nitrogens is 2. The zero-order chi connectivity index (χ0) is 15.9. The standard InChI is InChI=1S/C8H16O5.C6H11N2/c1-11-4-5-13-7-6-12-3-2-8(9)10;1-3-8-5-4-7(2)6-8/h2-7H2,1H3,(H,9,10);4-6H,3H2,1-2H3/q;+1/p-1. The molecule has 1 aromatic heterocycles. The van der Waals surface area contributed by atoms with Crippen molar-refractivity contribution in [3.63, 3.8) is 0 Å². The third-order valence-electron chi connectivity index (χ3n) is 2.44. The largest absolute Gasteiger partial charge is 0.550 e. The normalized spacial score (nSPS) is 10.0. The second-order valence-electron chi connectivity index (χ2n) is 4.25. The fourth-order valence-electron chi connectivity index (χ4n) is 1.31. The Hall–Kier alpha value is -1.44. The molecule has 1 rings (SSSR count). The summed E-state index contributed by atoms with van der Waals surface area (Å²) >= 11 is 0. The first kappa shape index (κ1) is 19.6. The van der Waals surface area contributed by atoms with Crippen molar-refractivity contribution in [1.82, 2.24) is 4.57 Å². The quantitative estimate of drug-likeness (QED) is 0.415. The van der Waals surface area contributed by atoms with E-state index in [1.165, 1.54) is 0 Å². The van der Waals surface area contributed by atoms with Crippen LogP contribution in [0.3, 0.4) is 0 Å². The highest BCUT2D eigenvalue weighted by Crippen LogP contribution is 1.82. The Balaban J connectivity index is 0.000000423. The van der Waals surface area contributed by atoms with Gasteiger partial charge in [0.2, 0.25) is 6.33 Å². The summed E-state index contributed by atoms with van der Waals surface area (Å²) in [6.45, 7) is 5.30. The minimum atomic E-state index is -1.10. The van der Waals surface area contributed by atoms with Crippen LogP contribution in [0, 0.1) is 0 Å². The maximum atomic E-state index is 9.93. The molecule has 1 aromatic rings. The molecule has 0 saturated heterocycles. The molecule has 0 amide bonds. The molecule has 0 fully saturated rings. The number of aliphatic carboxylic acids is 1. The van der Waals surface area contributed by atoms with E-state index < -0.39 is 5.97 Å². The van der Waals surface area contributed by atoms with Crippen LogP contribution in [0.25, 0.3) is 0 Å². The molecule has 0 spiro atoms. The summed E-state index contributed by atoms with van der Waals surface area (Å²) in [5, 5.41) is 9.93. The third-order valence-corrected chi connectivity index (χ3v) is 2.44. The molecule has 0 aromatic carbocycles. The van der Waals surface area contributed by atoms with Crippen molar-refractivity contribution < 1.29 is 28.7 Å². The lowest BCUT2D eigenvalue weighted by molar-refractivity contribution is -0.671. The van der Waals surface area contributed by atoms with Gasteiger partial charge >= 0.3 is 0 Å². The number of methoxy groups -OCH3 is 1. The van der Waals surface area contributed by atoms with Gasteiger partial charge in [-0.2, -0.15) is 0 Å². The van der Waals surface area contributed by atoms with Crippen LogP contribution in [0.5, 0.6) is 0 Å². The van der Waals surface area contributed by atoms with Gasteiger partial charge in [0.05, 0.1) is 46.6 Å². The van der Waals surface area contributed by atoms with E-state index in [0.717, 1.165) is 6.54 Å². The highest BCUT2D eigenvalue weighted by atomic mass is 16.5. The van der Waals surface area contributed by atoms with Gasteiger partial charge in [0, 0.05) is 19.5 Å². The van der Waals surface area contributed by atoms with Gasteiger partial charge in [-0.05, 0) is 6.92 Å². The summed E-state index contributed by atoms with van der Waals surface area (Å²) < 4.78 is 18.9. The topological polar surface area (TPSA) is 76.6 Å². The highest BCUT2D eigenvalue weighted by molar-refractivity contribution is 5.64. The number of nitrogens with zero attached hydrogens (tertiary/aromatic N) is 2. The van der Waals surface area contributed by atoms with Crippen LogP contribution >= 0.6 is 0 Å². The van der Waals surface area contributed by atoms with Gasteiger partial charge < -0.3 is 24.1 Å². The highest BCUT2D eigenvalue weighted by Gasteiger charge is 1.92. The predicted molar refractivity (Wildman–Crippen MR) is 74.4 cm³/mol. The first-order valence-electron chi connectivity index (χ1n) is 6.95. The fourth-order valence-corrected chi connectivity index (χ4v) is 1.31. The lowest BCUT2D eigenvalue weighted by Crippen LogP contribution is -2.23. The van der Waals surface area contributed by atoms with Crippen LogP contribution in [-0.4, -0.2) is 50.7 Å². The second kappa shape index (κ2) is 13.5. The molecule has 0 aliphatic rings. The number of carbonyl (C=O) groups is 1. The summed E-state index contributed by atoms with van der Waals surface area (Å²) in [6, 6.07) is 0. The molecular weight excluding hydrogens is 276 g/mol. The van der Waals surface area contributed by atoms with Gasteiger partial charge in [-0.1, -0.05) is 0 Å². The van der Waals surface area contributed by atoms with E-state index in [0.29, 0.717) is 26.4 Å². The van der Waals surface area contributed by atoms with Gasteiger partial charge in [-0.15, -0.1) is 0 Å². The third kappa shape index (κ3) is 13.3. The number of aryl methyl sites for hydroxylation is 2. The monoisotopic (exact) mass is 302 g/mol. The van der Waals surface area contributed by atoms with E-state index in [9.17, 15) is 9.90 Å². The molecule has 0 radical (unpaired) electrons. The molecule has 0 atom stereocenters. The average Bonchev–Trinajstić information content (AvgIpc) is 2.88. The molecule has 122 valence electrons. The van der Waals surface area contributed by atoms with Gasteiger partial charge in [-0.25, -0.2) is 9.13 Å². The van der Waals surface area contributed by atoms with Crippen LogP contribution in [-0.2, 0) is 32.6 Å². The molecule has 0 aliphatic carbocycles. The number of ether oxygens (including phenoxy) is 3. The number of carboxylic acids is 1. The van der Waals surface area contributed by atoms with Gasteiger partial charge in [0.1, 0.15) is 12.4 Å². The van der Waals surface area contributed by atoms with Crippen molar-refractivity contribution in [2.75, 3.05) is 40.1 Å². The fraction of sp³-hybridized carbons (Fsp3) is 0.714. The van der Waals surface area contributed by atoms with Crippen molar-refractivity contribution in [1.29, 1.82) is 0 Å². The van der Waals surface area contributed by atoms with Gasteiger partial charge in [0.25, 0.3) is 0 Å². The van der Waals surface area contributed by atoms with Crippen molar-refractivity contribution in [3.8, 4) is 0 Å². The molecule has 0 N–H and O–H groups in total. The number of rotatable bonds is 10. The average molecular weight is 302 g/mol. The van der Waals surface area contributed by atoms with Crippen LogP contribution in [0.15, 0.2) is 18.7 Å². The van der Waals surface area contributed by atoms with Crippen LogP contribution in [0.2, 0.25) is 0 Å². The molecule has 7 heteroatoms. The smallest absolute Gasteiger partial charge is 0.243 e. The van der Waals surface area contributed by atoms with Crippen molar-refractivity contribution in [2.45, 2.75) is 19.9 Å². The summed E-state index contributed by atoms with van der Waals surface area (Å²) in [5.74, 6) is -1.10. The number of hydrogen-bond acceptors (Lipinski definition) is 5. The van der Waals surface area contributed by atoms with Crippen LogP contribution < -0.4 is 9.67 Å². The Morgan fingerprint density at radius 3 is 2.24 bits per heavy atom. The number of carbonyl (C=O) groups excluding carboxylic acids is 1. The molecule has 21 heavy (non-hydrogen) atoms. The second-order valence-corrected chi connectivity index (χ2v) is 4.25. The molecule has 0 bridgehead atoms. The van der Waals surface area contributed by atoms with Crippen molar-refractivity contribution in [2.24, 2.45) is 7.05 Å². The van der Waals surface area contributed by atoms with E-state index in [4.69, 9.17) is 14.2 Å². The van der Waals surface area contributed by atoms with E-state index in [1.54, 1.807) is 7.11 Å². The van der Waals surface area contributed by atoms with Crippen LogP contribution in [0.4, 0.5) is 0 Å². The Morgan fingerprint density at radius 2 is 1.81 bits per heavy atom. The van der Waals surface area contributed by atoms with E-state index in [1.807, 2.05) is 17.8 Å². The molecular formula is C14H26N2O5. The number of hydrogen-bond donors (Lipinski definition) is 0. The molecule has 1 heterocycles. The van der Waals surface area contributed by atoms with Crippen molar-refractivity contribution >= 4 is 5.97 Å². The maximum absolute atomic E-state index is 9.93. The molecule has 0 saturated carbocycles. The van der Waals surface area contributed by atoms with E-state index in [-0.39, 0.29) is 13.0 Å². The number of carboxylic acid groups (broad SMARTS) is 1. The van der Waals surface area contributed by atoms with Gasteiger partial charge in [-0.3, -0.25) is 0 Å². The summed E-state index contributed by atoms with van der Waals surface area (Å²) in [7, 11) is 3.62. The zero-order valence-electron chi connectivity index (χ0n) is 13.1. The first-order valence-corrected chi connectivity index (χ1v) is 6.95. The SMILES string of the molecule is CCn1cc[n+](C)c1.COCCOCCOCCC(=O)[O-]. The lowest BCUT2D eigenvalue weighted by atomic mass is 10.5. The Labute approximate surface area is 126 Å².